The van der Waals surface area contributed by atoms with Crippen LogP contribution < -0.4 is 5.73 Å². The van der Waals surface area contributed by atoms with Gasteiger partial charge in [0.2, 0.25) is 0 Å². The van der Waals surface area contributed by atoms with Gasteiger partial charge < -0.3 is 15.9 Å². The highest BCUT2D eigenvalue weighted by Crippen LogP contribution is 2.29. The molecule has 3 heteroatoms. The van der Waals surface area contributed by atoms with Gasteiger partial charge in [-0.1, -0.05) is 129 Å². The molecule has 5 aromatic rings. The van der Waals surface area contributed by atoms with Gasteiger partial charge in [0, 0.05) is 33.4 Å². The van der Waals surface area contributed by atoms with Gasteiger partial charge in [-0.25, -0.2) is 0 Å². The maximum Gasteiger partial charge on any atom is 0.140 e. The van der Waals surface area contributed by atoms with E-state index < -0.39 is 12.2 Å². The Morgan fingerprint density at radius 2 is 0.830 bits per heavy atom. The topological polar surface area (TPSA) is 66.5 Å². The lowest BCUT2D eigenvalue weighted by Gasteiger charge is -2.20. The minimum Gasteiger partial charge on any atom is -0.397 e. The van der Waals surface area contributed by atoms with Crippen LogP contribution in [0.3, 0.4) is 0 Å². The Balaban J connectivity index is 1.34. The van der Waals surface area contributed by atoms with Crippen molar-refractivity contribution in [3.63, 3.8) is 0 Å². The molecule has 0 aliphatic rings. The van der Waals surface area contributed by atoms with E-state index in [2.05, 4.69) is 68.1 Å². The zero-order valence-electron chi connectivity index (χ0n) is 26.7. The van der Waals surface area contributed by atoms with Crippen molar-refractivity contribution in [1.82, 2.24) is 0 Å². The molecule has 0 radical (unpaired) electrons. The third-order valence-electron chi connectivity index (χ3n) is 7.44. The van der Waals surface area contributed by atoms with E-state index in [1.54, 1.807) is 0 Å². The molecule has 0 amide bonds. The van der Waals surface area contributed by atoms with Crippen molar-refractivity contribution < 1.29 is 10.2 Å². The highest BCUT2D eigenvalue weighted by Gasteiger charge is 2.17. The lowest BCUT2D eigenvalue weighted by Crippen LogP contribution is -2.13. The quantitative estimate of drug-likeness (QED) is 0.143. The minimum atomic E-state index is -1.01. The zero-order chi connectivity index (χ0) is 33.2. The standard InChI is InChI=1S/C44H35NO2/c1-44(2,3)40-30-38(26-28-41(46)36-22-18-34(19-23-36)16-14-32-10-6-4-7-11-32)43(45)39(31-40)27-29-42(47)37-24-20-35(21-25-37)17-15-33-12-8-5-9-13-33/h4-13,18-25,30-31,41-42,46-47H,45H2,1-3H3/t41-,42-/m1/s1. The molecule has 0 aliphatic heterocycles. The van der Waals surface area contributed by atoms with Gasteiger partial charge in [-0.05, 0) is 82.8 Å². The molecular weight excluding hydrogens is 574 g/mol. The predicted octanol–water partition coefficient (Wildman–Crippen LogP) is 7.54. The maximum absolute atomic E-state index is 10.9. The molecule has 5 aromatic carbocycles. The Hall–Kier alpha value is -5.94. The van der Waals surface area contributed by atoms with Gasteiger partial charge in [0.1, 0.15) is 12.2 Å². The van der Waals surface area contributed by atoms with Crippen LogP contribution in [-0.2, 0) is 5.41 Å². The Morgan fingerprint density at radius 3 is 1.17 bits per heavy atom. The van der Waals surface area contributed by atoms with Crippen LogP contribution >= 0.6 is 0 Å². The van der Waals surface area contributed by atoms with Gasteiger partial charge >= 0.3 is 0 Å². The molecule has 47 heavy (non-hydrogen) atoms. The van der Waals surface area contributed by atoms with Gasteiger partial charge in [-0.2, -0.15) is 0 Å². The van der Waals surface area contributed by atoms with E-state index in [9.17, 15) is 10.2 Å². The van der Waals surface area contributed by atoms with Crippen molar-refractivity contribution >= 4 is 5.69 Å². The summed E-state index contributed by atoms with van der Waals surface area (Å²) in [6, 6.07) is 38.2. The number of rotatable bonds is 2. The van der Waals surface area contributed by atoms with Crippen LogP contribution in [0.1, 0.15) is 83.1 Å². The second-order valence-corrected chi connectivity index (χ2v) is 12.1. The summed E-state index contributed by atoms with van der Waals surface area (Å²) in [7, 11) is 0. The fourth-order valence-corrected chi connectivity index (χ4v) is 4.58. The number of anilines is 1. The van der Waals surface area contributed by atoms with Gasteiger partial charge in [-0.3, -0.25) is 0 Å². The highest BCUT2D eigenvalue weighted by atomic mass is 16.3. The van der Waals surface area contributed by atoms with Crippen LogP contribution in [0.5, 0.6) is 0 Å². The molecule has 3 nitrogen and oxygen atoms in total. The van der Waals surface area contributed by atoms with Crippen molar-refractivity contribution in [2.45, 2.75) is 38.4 Å². The van der Waals surface area contributed by atoms with Gasteiger partial charge in [0.25, 0.3) is 0 Å². The summed E-state index contributed by atoms with van der Waals surface area (Å²) < 4.78 is 0. The summed E-state index contributed by atoms with van der Waals surface area (Å²) in [5.41, 5.74) is 13.8. The van der Waals surface area contributed by atoms with E-state index in [1.807, 2.05) is 121 Å². The van der Waals surface area contributed by atoms with Crippen LogP contribution in [0, 0.1) is 47.4 Å². The minimum absolute atomic E-state index is 0.203. The lowest BCUT2D eigenvalue weighted by molar-refractivity contribution is 0.238. The molecule has 228 valence electrons. The highest BCUT2D eigenvalue weighted by molar-refractivity contribution is 5.68. The summed E-state index contributed by atoms with van der Waals surface area (Å²) in [6.07, 6.45) is -2.03. The maximum atomic E-state index is 10.9. The van der Waals surface area contributed by atoms with Crippen molar-refractivity contribution in [3.05, 3.63) is 171 Å². The molecule has 0 saturated heterocycles. The predicted molar refractivity (Wildman–Crippen MR) is 191 cm³/mol. The summed E-state index contributed by atoms with van der Waals surface area (Å²) in [4.78, 5) is 0. The number of aliphatic hydroxyl groups is 2. The first-order valence-electron chi connectivity index (χ1n) is 15.3. The molecule has 0 unspecified atom stereocenters. The van der Waals surface area contributed by atoms with Gasteiger partial charge in [0.05, 0.1) is 5.69 Å². The van der Waals surface area contributed by atoms with E-state index in [4.69, 9.17) is 5.73 Å². The molecule has 0 aromatic heterocycles. The van der Waals surface area contributed by atoms with Crippen molar-refractivity contribution in [3.8, 4) is 47.4 Å². The normalized spacial score (nSPS) is 11.6. The first kappa shape index (κ1) is 32.5. The van der Waals surface area contributed by atoms with Crippen LogP contribution in [0.4, 0.5) is 5.69 Å². The molecule has 4 N–H and O–H groups in total. The van der Waals surface area contributed by atoms with Crippen molar-refractivity contribution in [2.75, 3.05) is 5.73 Å². The summed E-state index contributed by atoms with van der Waals surface area (Å²) in [5, 5.41) is 21.7. The van der Waals surface area contributed by atoms with E-state index in [0.29, 0.717) is 27.9 Å². The molecule has 0 fully saturated rings. The Kier molecular flexibility index (Phi) is 10.3. The van der Waals surface area contributed by atoms with Crippen LogP contribution in [0.2, 0.25) is 0 Å². The summed E-state index contributed by atoms with van der Waals surface area (Å²) in [6.45, 7) is 6.29. The SMILES string of the molecule is CC(C)(C)c1cc(C#C[C@@H](O)c2ccc(C#Cc3ccccc3)cc2)c(N)c(C#C[C@@H](O)c2ccc(C#Cc3ccccc3)cc2)c1. The summed E-state index contributed by atoms with van der Waals surface area (Å²) in [5.74, 6) is 24.6. The molecule has 0 bridgehead atoms. The number of hydrogen-bond acceptors (Lipinski definition) is 3. The molecule has 5 rings (SSSR count). The monoisotopic (exact) mass is 609 g/mol. The van der Waals surface area contributed by atoms with E-state index in [1.165, 1.54) is 0 Å². The average Bonchev–Trinajstić information content (AvgIpc) is 3.09. The average molecular weight is 610 g/mol. The third-order valence-corrected chi connectivity index (χ3v) is 7.44. The molecular formula is C44H35NO2. The number of benzene rings is 5. The van der Waals surface area contributed by atoms with Crippen LogP contribution in [0.25, 0.3) is 0 Å². The smallest absolute Gasteiger partial charge is 0.140 e. The fraction of sp³-hybridized carbons (Fsp3) is 0.136. The summed E-state index contributed by atoms with van der Waals surface area (Å²) >= 11 is 0. The number of hydrogen-bond donors (Lipinski definition) is 3. The third kappa shape index (κ3) is 9.05. The van der Waals surface area contributed by atoms with Gasteiger partial charge in [0.15, 0.2) is 0 Å². The Labute approximate surface area is 278 Å². The Morgan fingerprint density at radius 1 is 0.489 bits per heavy atom. The first-order chi connectivity index (χ1) is 22.7. The lowest BCUT2D eigenvalue weighted by atomic mass is 9.84. The number of nitrogens with two attached hydrogens (primary N) is 1. The molecule has 2 atom stereocenters. The Bertz CT molecular complexity index is 1950. The van der Waals surface area contributed by atoms with Crippen molar-refractivity contribution in [1.29, 1.82) is 0 Å². The van der Waals surface area contributed by atoms with E-state index in [0.717, 1.165) is 27.8 Å². The van der Waals surface area contributed by atoms with Crippen LogP contribution in [-0.4, -0.2) is 10.2 Å². The van der Waals surface area contributed by atoms with Crippen LogP contribution in [0.15, 0.2) is 121 Å². The van der Waals surface area contributed by atoms with Gasteiger partial charge in [-0.15, -0.1) is 0 Å². The zero-order valence-corrected chi connectivity index (χ0v) is 26.7. The molecule has 0 spiro atoms. The second kappa shape index (κ2) is 14.9. The van der Waals surface area contributed by atoms with E-state index in [-0.39, 0.29) is 5.41 Å². The number of aliphatic hydroxyl groups excluding tert-OH is 2. The number of nitrogen functional groups attached to an aromatic ring is 1. The van der Waals surface area contributed by atoms with E-state index >= 15 is 0 Å². The molecule has 0 saturated carbocycles. The first-order valence-corrected chi connectivity index (χ1v) is 15.3. The largest absolute Gasteiger partial charge is 0.397 e. The molecule has 0 aliphatic carbocycles. The molecule has 0 heterocycles. The fourth-order valence-electron chi connectivity index (χ4n) is 4.58. The van der Waals surface area contributed by atoms with Crippen molar-refractivity contribution in [2.24, 2.45) is 0 Å². The second-order valence-electron chi connectivity index (χ2n) is 12.1.